The first kappa shape index (κ1) is 19.0. The molecule has 4 rings (SSSR count). The van der Waals surface area contributed by atoms with Crippen LogP contribution in [0.25, 0.3) is 0 Å². The summed E-state index contributed by atoms with van der Waals surface area (Å²) in [6, 6.07) is 4.60. The van der Waals surface area contributed by atoms with Crippen molar-refractivity contribution in [2.24, 2.45) is 0 Å². The highest BCUT2D eigenvalue weighted by Crippen LogP contribution is 2.44. The molecule has 1 aromatic carbocycles. The average molecular weight is 378 g/mol. The molecule has 2 atom stereocenters. The molecule has 0 aromatic heterocycles. The second-order valence-corrected chi connectivity index (χ2v) is 9.33. The molecule has 3 aliphatic rings. The van der Waals surface area contributed by atoms with Gasteiger partial charge in [-0.15, -0.1) is 0 Å². The van der Waals surface area contributed by atoms with Crippen molar-refractivity contribution >= 4 is 0 Å². The molecule has 150 valence electrons. The van der Waals surface area contributed by atoms with Crippen LogP contribution in [0.15, 0.2) is 12.1 Å². The fourth-order valence-electron chi connectivity index (χ4n) is 4.37. The Morgan fingerprint density at radius 3 is 2.63 bits per heavy atom. The van der Waals surface area contributed by atoms with Gasteiger partial charge >= 0.3 is 0 Å². The predicted octanol–water partition coefficient (Wildman–Crippen LogP) is 4.45. The smallest absolute Gasteiger partial charge is 0.161 e. The van der Waals surface area contributed by atoms with Crippen LogP contribution in [0.4, 0.5) is 4.39 Å². The van der Waals surface area contributed by atoms with Crippen molar-refractivity contribution in [2.75, 3.05) is 26.8 Å². The molecule has 2 heterocycles. The highest BCUT2D eigenvalue weighted by Gasteiger charge is 2.44. The summed E-state index contributed by atoms with van der Waals surface area (Å²) in [6.45, 7) is 8.51. The Morgan fingerprint density at radius 1 is 1.19 bits per heavy atom. The summed E-state index contributed by atoms with van der Waals surface area (Å²) >= 11 is 0. The van der Waals surface area contributed by atoms with E-state index in [0.29, 0.717) is 36.5 Å². The van der Waals surface area contributed by atoms with Gasteiger partial charge in [0.25, 0.3) is 0 Å². The molecule has 0 N–H and O–H groups in total. The summed E-state index contributed by atoms with van der Waals surface area (Å²) < 4.78 is 31.5. The van der Waals surface area contributed by atoms with Gasteiger partial charge in [0.15, 0.2) is 11.5 Å². The van der Waals surface area contributed by atoms with Crippen LogP contribution in [0.1, 0.15) is 63.6 Å². The number of halogens is 1. The summed E-state index contributed by atoms with van der Waals surface area (Å²) in [4.78, 5) is 2.54. The summed E-state index contributed by atoms with van der Waals surface area (Å²) in [7, 11) is 1.66. The number of benzene rings is 1. The van der Waals surface area contributed by atoms with Gasteiger partial charge in [0.2, 0.25) is 0 Å². The van der Waals surface area contributed by atoms with Crippen molar-refractivity contribution in [2.45, 2.75) is 76.3 Å². The largest absolute Gasteiger partial charge is 0.493 e. The van der Waals surface area contributed by atoms with Crippen LogP contribution in [0.2, 0.25) is 0 Å². The normalized spacial score (nSPS) is 26.9. The van der Waals surface area contributed by atoms with Crippen LogP contribution >= 0.6 is 0 Å². The van der Waals surface area contributed by atoms with E-state index in [1.165, 1.54) is 11.1 Å². The lowest BCUT2D eigenvalue weighted by Crippen LogP contribution is -2.47. The van der Waals surface area contributed by atoms with E-state index >= 15 is 0 Å². The zero-order valence-corrected chi connectivity index (χ0v) is 17.0. The van der Waals surface area contributed by atoms with Gasteiger partial charge < -0.3 is 14.2 Å². The van der Waals surface area contributed by atoms with E-state index in [4.69, 9.17) is 14.2 Å². The fraction of sp³-hybridized carbons (Fsp3) is 0.727. The molecule has 2 unspecified atom stereocenters. The van der Waals surface area contributed by atoms with Gasteiger partial charge in [0.1, 0.15) is 12.3 Å². The second-order valence-electron chi connectivity index (χ2n) is 9.33. The van der Waals surface area contributed by atoms with E-state index in [0.717, 1.165) is 32.4 Å². The number of ether oxygens (including phenoxy) is 3. The van der Waals surface area contributed by atoms with Crippen LogP contribution in [-0.4, -0.2) is 49.1 Å². The number of nitrogens with zero attached hydrogens (tertiary/aromatic N) is 1. The summed E-state index contributed by atoms with van der Waals surface area (Å²) in [6.07, 6.45) is 4.65. The van der Waals surface area contributed by atoms with Crippen LogP contribution in [0, 0.1) is 0 Å². The van der Waals surface area contributed by atoms with Gasteiger partial charge in [0.05, 0.1) is 18.8 Å². The molecule has 27 heavy (non-hydrogen) atoms. The third-order valence-corrected chi connectivity index (χ3v) is 5.89. The molecule has 1 aliphatic carbocycles. The molecule has 5 heteroatoms. The number of alkyl halides is 1. The number of methoxy groups -OCH3 is 1. The van der Waals surface area contributed by atoms with E-state index in [1.54, 1.807) is 7.11 Å². The van der Waals surface area contributed by atoms with Crippen LogP contribution in [0.5, 0.6) is 11.5 Å². The van der Waals surface area contributed by atoms with Gasteiger partial charge in [0, 0.05) is 19.1 Å². The molecule has 1 aromatic rings. The molecule has 2 aliphatic heterocycles. The van der Waals surface area contributed by atoms with Crippen molar-refractivity contribution in [3.05, 3.63) is 23.3 Å². The number of fused-ring (bicyclic) bond motifs is 3. The predicted molar refractivity (Wildman–Crippen MR) is 103 cm³/mol. The highest BCUT2D eigenvalue weighted by atomic mass is 19.1. The SMILES string of the molecule is COc1cc2c(cc1OCC1(F)CC1)CCN1CC(OC(C)(C)C)CCC21. The molecule has 0 bridgehead atoms. The van der Waals surface area contributed by atoms with E-state index in [2.05, 4.69) is 37.8 Å². The standard InChI is InChI=1S/C22H32FNO3/c1-21(2,3)27-16-5-6-18-17-12-19(25-4)20(26-14-22(23)8-9-22)11-15(17)7-10-24(18)13-16/h11-12,16,18H,5-10,13-14H2,1-4H3. The van der Waals surface area contributed by atoms with E-state index in [1.807, 2.05) is 0 Å². The van der Waals surface area contributed by atoms with Gasteiger partial charge in [-0.1, -0.05) is 0 Å². The molecule has 4 nitrogen and oxygen atoms in total. The lowest BCUT2D eigenvalue weighted by Gasteiger charge is -2.44. The summed E-state index contributed by atoms with van der Waals surface area (Å²) in [5, 5.41) is 0. The maximum atomic E-state index is 14.0. The van der Waals surface area contributed by atoms with Crippen LogP contribution in [-0.2, 0) is 11.2 Å². The third kappa shape index (κ3) is 4.24. The van der Waals surface area contributed by atoms with Crippen molar-refractivity contribution < 1.29 is 18.6 Å². The van der Waals surface area contributed by atoms with Gasteiger partial charge in [-0.3, -0.25) is 4.90 Å². The minimum atomic E-state index is -1.12. The van der Waals surface area contributed by atoms with Gasteiger partial charge in [-0.25, -0.2) is 4.39 Å². The van der Waals surface area contributed by atoms with E-state index < -0.39 is 5.67 Å². The Kier molecular flexibility index (Phi) is 4.88. The maximum Gasteiger partial charge on any atom is 0.161 e. The van der Waals surface area contributed by atoms with Crippen molar-refractivity contribution in [1.29, 1.82) is 0 Å². The summed E-state index contributed by atoms with van der Waals surface area (Å²) in [5.41, 5.74) is 1.42. The van der Waals surface area contributed by atoms with Crippen molar-refractivity contribution in [3.8, 4) is 11.5 Å². The lowest BCUT2D eigenvalue weighted by atomic mass is 9.85. The number of hydrogen-bond donors (Lipinski definition) is 0. The lowest BCUT2D eigenvalue weighted by molar-refractivity contribution is -0.0971. The molecule has 1 saturated carbocycles. The number of rotatable bonds is 5. The topological polar surface area (TPSA) is 30.9 Å². The fourth-order valence-corrected chi connectivity index (χ4v) is 4.37. The highest BCUT2D eigenvalue weighted by molar-refractivity contribution is 5.49. The third-order valence-electron chi connectivity index (χ3n) is 5.89. The van der Waals surface area contributed by atoms with Crippen LogP contribution < -0.4 is 9.47 Å². The van der Waals surface area contributed by atoms with Crippen LogP contribution in [0.3, 0.4) is 0 Å². The first-order chi connectivity index (χ1) is 12.8. The number of hydrogen-bond acceptors (Lipinski definition) is 4. The Bertz CT molecular complexity index is 696. The minimum absolute atomic E-state index is 0.101. The second kappa shape index (κ2) is 6.93. The van der Waals surface area contributed by atoms with E-state index in [9.17, 15) is 4.39 Å². The van der Waals surface area contributed by atoms with Gasteiger partial charge in [-0.2, -0.15) is 0 Å². The Labute approximate surface area is 162 Å². The monoisotopic (exact) mass is 377 g/mol. The van der Waals surface area contributed by atoms with Gasteiger partial charge in [-0.05, 0) is 76.1 Å². The maximum absolute atomic E-state index is 14.0. The molecule has 0 radical (unpaired) electrons. The average Bonchev–Trinajstić information content (AvgIpc) is 3.35. The van der Waals surface area contributed by atoms with Crippen molar-refractivity contribution in [1.82, 2.24) is 4.90 Å². The Hall–Kier alpha value is -1.33. The molecular formula is C22H32FNO3. The van der Waals surface area contributed by atoms with Crippen molar-refractivity contribution in [3.63, 3.8) is 0 Å². The molecule has 0 spiro atoms. The Balaban J connectivity index is 1.50. The van der Waals surface area contributed by atoms with E-state index in [-0.39, 0.29) is 12.2 Å². The summed E-state index contributed by atoms with van der Waals surface area (Å²) in [5.74, 6) is 1.39. The first-order valence-corrected chi connectivity index (χ1v) is 10.2. The molecule has 2 fully saturated rings. The Morgan fingerprint density at radius 2 is 1.96 bits per heavy atom. The molecule has 0 amide bonds. The zero-order chi connectivity index (χ0) is 19.2. The molecular weight excluding hydrogens is 345 g/mol. The first-order valence-electron chi connectivity index (χ1n) is 10.2. The minimum Gasteiger partial charge on any atom is -0.493 e. The molecule has 1 saturated heterocycles. The zero-order valence-electron chi connectivity index (χ0n) is 17.0. The quantitative estimate of drug-likeness (QED) is 0.758. The number of piperidine rings is 1.